The summed E-state index contributed by atoms with van der Waals surface area (Å²) in [6, 6.07) is 0. The van der Waals surface area contributed by atoms with Gasteiger partial charge in [-0.1, -0.05) is 0 Å². The van der Waals surface area contributed by atoms with Crippen LogP contribution in [0.2, 0.25) is 0 Å². The maximum Gasteiger partial charge on any atom is 0.0729 e. The van der Waals surface area contributed by atoms with E-state index in [-0.39, 0.29) is 0 Å². The summed E-state index contributed by atoms with van der Waals surface area (Å²) in [5.74, 6) is 0. The molecule has 0 aliphatic rings. The summed E-state index contributed by atoms with van der Waals surface area (Å²) in [6.07, 6.45) is 7.62. The van der Waals surface area contributed by atoms with Gasteiger partial charge in [0.1, 0.15) is 0 Å². The van der Waals surface area contributed by atoms with Gasteiger partial charge in [-0.15, -0.1) is 0 Å². The van der Waals surface area contributed by atoms with Crippen LogP contribution in [0.1, 0.15) is 5.56 Å². The van der Waals surface area contributed by atoms with Crippen molar-refractivity contribution in [2.24, 2.45) is 7.05 Å². The molecule has 17 heavy (non-hydrogen) atoms. The van der Waals surface area contributed by atoms with Gasteiger partial charge < -0.3 is 10.1 Å². The molecule has 0 saturated carbocycles. The van der Waals surface area contributed by atoms with E-state index < -0.39 is 0 Å². The van der Waals surface area contributed by atoms with Crippen molar-refractivity contribution in [3.63, 3.8) is 0 Å². The number of nitrogens with zero attached hydrogens (tertiary/aromatic N) is 4. The average Bonchev–Trinajstić information content (AvgIpc) is 2.93. The Labute approximate surface area is 100 Å². The first kappa shape index (κ1) is 11.7. The van der Waals surface area contributed by atoms with E-state index in [9.17, 15) is 0 Å². The Hall–Kier alpha value is -1.82. The summed E-state index contributed by atoms with van der Waals surface area (Å²) in [4.78, 5) is 0. The van der Waals surface area contributed by atoms with Crippen molar-refractivity contribution < 1.29 is 4.74 Å². The minimum absolute atomic E-state index is 0.670. The van der Waals surface area contributed by atoms with Crippen molar-refractivity contribution >= 4 is 5.69 Å². The molecule has 0 radical (unpaired) electrons. The lowest BCUT2D eigenvalue weighted by Gasteiger charge is -2.00. The molecular formula is C11H17N5O. The van der Waals surface area contributed by atoms with Crippen LogP contribution in [0.5, 0.6) is 0 Å². The Balaban J connectivity index is 1.84. The van der Waals surface area contributed by atoms with Crippen LogP contribution in [0.4, 0.5) is 5.69 Å². The Kier molecular flexibility index (Phi) is 3.77. The fourth-order valence-electron chi connectivity index (χ4n) is 1.53. The summed E-state index contributed by atoms with van der Waals surface area (Å²) < 4.78 is 8.64. The van der Waals surface area contributed by atoms with Crippen molar-refractivity contribution in [2.45, 2.75) is 13.1 Å². The molecule has 0 aliphatic heterocycles. The Morgan fingerprint density at radius 3 is 2.88 bits per heavy atom. The van der Waals surface area contributed by atoms with E-state index in [1.807, 2.05) is 36.5 Å². The first-order valence-corrected chi connectivity index (χ1v) is 5.50. The molecule has 0 atom stereocenters. The number of hydrogen-bond donors (Lipinski definition) is 1. The second kappa shape index (κ2) is 5.49. The molecule has 1 N–H and O–H groups in total. The fraction of sp³-hybridized carbons (Fsp3) is 0.455. The van der Waals surface area contributed by atoms with Crippen LogP contribution in [0.15, 0.2) is 24.8 Å². The number of hydrogen-bond acceptors (Lipinski definition) is 4. The first-order chi connectivity index (χ1) is 8.28. The standard InChI is InChI=1S/C11H17N5O/c1-15-8-10(6-13-15)5-12-11-7-14-16(9-11)3-4-17-2/h6-9,12H,3-5H2,1-2H3. The molecule has 6 nitrogen and oxygen atoms in total. The highest BCUT2D eigenvalue weighted by atomic mass is 16.5. The lowest BCUT2D eigenvalue weighted by molar-refractivity contribution is 0.183. The van der Waals surface area contributed by atoms with E-state index in [0.29, 0.717) is 6.61 Å². The third-order valence-electron chi connectivity index (χ3n) is 2.41. The summed E-state index contributed by atoms with van der Waals surface area (Å²) in [7, 11) is 3.59. The summed E-state index contributed by atoms with van der Waals surface area (Å²) in [5, 5.41) is 11.6. The third kappa shape index (κ3) is 3.32. The molecule has 0 aliphatic carbocycles. The van der Waals surface area contributed by atoms with Gasteiger partial charge in [-0.25, -0.2) is 0 Å². The zero-order chi connectivity index (χ0) is 12.1. The van der Waals surface area contributed by atoms with Gasteiger partial charge in [0.05, 0.1) is 31.2 Å². The zero-order valence-electron chi connectivity index (χ0n) is 10.1. The molecule has 0 aromatic carbocycles. The quantitative estimate of drug-likeness (QED) is 0.807. The molecule has 2 heterocycles. The SMILES string of the molecule is COCCn1cc(NCc2cnn(C)c2)cn1. The van der Waals surface area contributed by atoms with E-state index in [1.165, 1.54) is 0 Å². The van der Waals surface area contributed by atoms with Crippen LogP contribution in [0.25, 0.3) is 0 Å². The van der Waals surface area contributed by atoms with Gasteiger partial charge in [-0.2, -0.15) is 10.2 Å². The van der Waals surface area contributed by atoms with E-state index in [0.717, 1.165) is 24.3 Å². The lowest BCUT2D eigenvalue weighted by atomic mass is 10.3. The first-order valence-electron chi connectivity index (χ1n) is 5.50. The highest BCUT2D eigenvalue weighted by Gasteiger charge is 1.99. The topological polar surface area (TPSA) is 56.9 Å². The monoisotopic (exact) mass is 235 g/mol. The molecule has 0 unspecified atom stereocenters. The minimum atomic E-state index is 0.670. The van der Waals surface area contributed by atoms with Crippen LogP contribution in [-0.4, -0.2) is 33.3 Å². The number of ether oxygens (including phenoxy) is 1. The Morgan fingerprint density at radius 1 is 1.29 bits per heavy atom. The molecule has 0 amide bonds. The van der Waals surface area contributed by atoms with Gasteiger partial charge in [-0.3, -0.25) is 9.36 Å². The molecule has 2 aromatic heterocycles. The van der Waals surface area contributed by atoms with Gasteiger partial charge in [0.15, 0.2) is 0 Å². The second-order valence-electron chi connectivity index (χ2n) is 3.86. The van der Waals surface area contributed by atoms with Crippen molar-refractivity contribution in [1.29, 1.82) is 0 Å². The van der Waals surface area contributed by atoms with Crippen LogP contribution in [0, 0.1) is 0 Å². The lowest BCUT2D eigenvalue weighted by Crippen LogP contribution is -2.04. The van der Waals surface area contributed by atoms with Crippen molar-refractivity contribution in [1.82, 2.24) is 19.6 Å². The number of rotatable bonds is 6. The van der Waals surface area contributed by atoms with Crippen molar-refractivity contribution in [3.8, 4) is 0 Å². The maximum atomic E-state index is 4.99. The van der Waals surface area contributed by atoms with E-state index >= 15 is 0 Å². The van der Waals surface area contributed by atoms with Gasteiger partial charge in [0, 0.05) is 38.7 Å². The van der Waals surface area contributed by atoms with Crippen molar-refractivity contribution in [2.75, 3.05) is 19.0 Å². The van der Waals surface area contributed by atoms with Gasteiger partial charge >= 0.3 is 0 Å². The van der Waals surface area contributed by atoms with Crippen LogP contribution >= 0.6 is 0 Å². The molecular weight excluding hydrogens is 218 g/mol. The smallest absolute Gasteiger partial charge is 0.0729 e. The predicted molar refractivity (Wildman–Crippen MR) is 64.6 cm³/mol. The molecule has 92 valence electrons. The molecule has 0 fully saturated rings. The molecule has 2 aromatic rings. The highest BCUT2D eigenvalue weighted by molar-refractivity contribution is 5.38. The average molecular weight is 235 g/mol. The van der Waals surface area contributed by atoms with Gasteiger partial charge in [0.2, 0.25) is 0 Å². The highest BCUT2D eigenvalue weighted by Crippen LogP contribution is 2.07. The minimum Gasteiger partial charge on any atom is -0.383 e. The predicted octanol–water partition coefficient (Wildman–Crippen LogP) is 0.875. The number of aromatic nitrogens is 4. The van der Waals surface area contributed by atoms with Crippen LogP contribution in [0.3, 0.4) is 0 Å². The van der Waals surface area contributed by atoms with Gasteiger partial charge in [0.25, 0.3) is 0 Å². The number of methoxy groups -OCH3 is 1. The third-order valence-corrected chi connectivity index (χ3v) is 2.41. The molecule has 0 bridgehead atoms. The van der Waals surface area contributed by atoms with Crippen LogP contribution < -0.4 is 5.32 Å². The van der Waals surface area contributed by atoms with Crippen molar-refractivity contribution in [3.05, 3.63) is 30.4 Å². The number of aryl methyl sites for hydroxylation is 1. The largest absolute Gasteiger partial charge is 0.383 e. The maximum absolute atomic E-state index is 4.99. The summed E-state index contributed by atoms with van der Waals surface area (Å²) in [6.45, 7) is 2.19. The second-order valence-corrected chi connectivity index (χ2v) is 3.86. The van der Waals surface area contributed by atoms with E-state index in [1.54, 1.807) is 11.8 Å². The van der Waals surface area contributed by atoms with Gasteiger partial charge in [-0.05, 0) is 0 Å². The summed E-state index contributed by atoms with van der Waals surface area (Å²) in [5.41, 5.74) is 2.15. The Morgan fingerprint density at radius 2 is 2.18 bits per heavy atom. The fourth-order valence-corrected chi connectivity index (χ4v) is 1.53. The number of anilines is 1. The Bertz CT molecular complexity index is 462. The van der Waals surface area contributed by atoms with E-state index in [2.05, 4.69) is 15.5 Å². The molecule has 2 rings (SSSR count). The zero-order valence-corrected chi connectivity index (χ0v) is 10.1. The molecule has 0 spiro atoms. The summed E-state index contributed by atoms with van der Waals surface area (Å²) >= 11 is 0. The molecule has 6 heteroatoms. The van der Waals surface area contributed by atoms with E-state index in [4.69, 9.17) is 4.74 Å². The number of nitrogens with one attached hydrogen (secondary N) is 1. The normalized spacial score (nSPS) is 10.7. The van der Waals surface area contributed by atoms with Crippen LogP contribution in [-0.2, 0) is 24.9 Å². The molecule has 0 saturated heterocycles.